The quantitative estimate of drug-likeness (QED) is 0.243. The third-order valence-corrected chi connectivity index (χ3v) is 10.9. The van der Waals surface area contributed by atoms with Gasteiger partial charge in [-0.15, -0.1) is 0 Å². The first kappa shape index (κ1) is 40.3. The lowest BCUT2D eigenvalue weighted by molar-refractivity contribution is -0.192. The number of nitrogens with one attached hydrogen (secondary N) is 1. The van der Waals surface area contributed by atoms with Gasteiger partial charge in [0.2, 0.25) is 15.9 Å². The molecule has 1 amide bonds. The van der Waals surface area contributed by atoms with E-state index in [-0.39, 0.29) is 42.4 Å². The average Bonchev–Trinajstić information content (AvgIpc) is 3.90. The standard InChI is InChI=1S/C31H38F5N3O4S.C2HF3O2/c32-30(33,23-8-6-22(7-9-23)29(16-17-29)31(34,35)36)27(28(40)39-18-14-24(37)15-19-39)38-44(41,42)26-12-10-25(11-13-26)43-20-21-4-2-1-3-5-21;3-2(4,5)1(6)7/h6-13,21,24,27,38H,1-5,14-20,37H2;(H,6,7)/t27-;/m0./s1. The minimum Gasteiger partial charge on any atom is -0.493 e. The molecule has 9 nitrogen and oxygen atoms in total. The monoisotopic (exact) mass is 757 g/mol. The van der Waals surface area contributed by atoms with Gasteiger partial charge in [-0.1, -0.05) is 43.5 Å². The van der Waals surface area contributed by atoms with Crippen LogP contribution in [0.15, 0.2) is 53.4 Å². The van der Waals surface area contributed by atoms with E-state index in [2.05, 4.69) is 0 Å². The molecule has 1 saturated heterocycles. The molecule has 2 saturated carbocycles. The van der Waals surface area contributed by atoms with Gasteiger partial charge in [0.1, 0.15) is 5.75 Å². The summed E-state index contributed by atoms with van der Waals surface area (Å²) >= 11 is 0. The number of ether oxygens (including phenoxy) is 1. The first-order valence-electron chi connectivity index (χ1n) is 16.3. The number of hydrogen-bond donors (Lipinski definition) is 3. The zero-order valence-corrected chi connectivity index (χ0v) is 28.1. The van der Waals surface area contributed by atoms with Crippen LogP contribution in [0.3, 0.4) is 0 Å². The molecule has 0 spiro atoms. The first-order valence-corrected chi connectivity index (χ1v) is 17.8. The Bertz CT molecular complexity index is 1600. The van der Waals surface area contributed by atoms with Crippen LogP contribution in [0.25, 0.3) is 0 Å². The lowest BCUT2D eigenvalue weighted by Gasteiger charge is -2.35. The molecule has 1 aliphatic heterocycles. The van der Waals surface area contributed by atoms with Crippen molar-refractivity contribution in [3.63, 3.8) is 0 Å². The highest BCUT2D eigenvalue weighted by Gasteiger charge is 2.64. The summed E-state index contributed by atoms with van der Waals surface area (Å²) in [6.45, 7) is 0.623. The molecule has 0 bridgehead atoms. The Balaban J connectivity index is 0.000000755. The number of alkyl halides is 8. The molecular formula is C33H39F8N3O6S. The predicted octanol–water partition coefficient (Wildman–Crippen LogP) is 6.26. The molecule has 2 aromatic carbocycles. The van der Waals surface area contributed by atoms with E-state index in [0.29, 0.717) is 31.1 Å². The summed E-state index contributed by atoms with van der Waals surface area (Å²) in [7, 11) is -4.64. The van der Waals surface area contributed by atoms with Crippen molar-refractivity contribution in [3.8, 4) is 5.75 Å². The number of rotatable bonds is 10. The van der Waals surface area contributed by atoms with Crippen LogP contribution >= 0.6 is 0 Å². The second-order valence-electron chi connectivity index (χ2n) is 13.1. The van der Waals surface area contributed by atoms with E-state index < -0.39 is 57.2 Å². The van der Waals surface area contributed by atoms with Crippen molar-refractivity contribution < 1.29 is 63.0 Å². The Labute approximate surface area is 289 Å². The van der Waals surface area contributed by atoms with Gasteiger partial charge in [0.05, 0.1) is 16.9 Å². The molecule has 2 aromatic rings. The highest BCUT2D eigenvalue weighted by Crippen LogP contribution is 2.59. The minimum atomic E-state index is -5.08. The van der Waals surface area contributed by atoms with Crippen molar-refractivity contribution in [2.75, 3.05) is 19.7 Å². The molecule has 1 heterocycles. The molecule has 18 heteroatoms. The molecule has 0 radical (unpaired) electrons. The summed E-state index contributed by atoms with van der Waals surface area (Å²) in [5, 5.41) is 7.12. The number of nitrogens with two attached hydrogens (primary N) is 1. The van der Waals surface area contributed by atoms with Crippen LogP contribution in [0.1, 0.15) is 68.9 Å². The Hall–Kier alpha value is -3.51. The maximum atomic E-state index is 16.1. The lowest BCUT2D eigenvalue weighted by Crippen LogP contribution is -2.58. The molecule has 0 aromatic heterocycles. The number of carbonyl (C=O) groups is 2. The highest BCUT2D eigenvalue weighted by atomic mass is 32.2. The van der Waals surface area contributed by atoms with Crippen molar-refractivity contribution in [1.82, 2.24) is 9.62 Å². The van der Waals surface area contributed by atoms with E-state index >= 15 is 8.78 Å². The fraction of sp³-hybridized carbons (Fsp3) is 0.576. The van der Waals surface area contributed by atoms with E-state index in [9.17, 15) is 39.6 Å². The van der Waals surface area contributed by atoms with Gasteiger partial charge < -0.3 is 20.5 Å². The number of sulfonamides is 1. The van der Waals surface area contributed by atoms with E-state index in [0.717, 1.165) is 54.8 Å². The smallest absolute Gasteiger partial charge is 0.490 e. The van der Waals surface area contributed by atoms with Gasteiger partial charge in [-0.3, -0.25) is 4.79 Å². The van der Waals surface area contributed by atoms with E-state index in [1.165, 1.54) is 30.7 Å². The number of likely N-dealkylation sites (tertiary alicyclic amines) is 1. The van der Waals surface area contributed by atoms with Crippen molar-refractivity contribution >= 4 is 21.9 Å². The summed E-state index contributed by atoms with van der Waals surface area (Å²) in [4.78, 5) is 23.2. The Morgan fingerprint density at radius 1 is 0.882 bits per heavy atom. The number of piperidine rings is 1. The molecule has 1 atom stereocenters. The summed E-state index contributed by atoms with van der Waals surface area (Å²) in [6.07, 6.45) is -3.58. The molecule has 2 aliphatic carbocycles. The van der Waals surface area contributed by atoms with Crippen molar-refractivity contribution in [1.29, 1.82) is 0 Å². The van der Waals surface area contributed by atoms with E-state index in [4.69, 9.17) is 20.4 Å². The van der Waals surface area contributed by atoms with Gasteiger partial charge in [0.25, 0.3) is 5.92 Å². The Morgan fingerprint density at radius 2 is 1.41 bits per heavy atom. The Kier molecular flexibility index (Phi) is 12.3. The first-order chi connectivity index (χ1) is 23.7. The molecule has 0 unspecified atom stereocenters. The van der Waals surface area contributed by atoms with Gasteiger partial charge in [-0.2, -0.15) is 39.8 Å². The highest BCUT2D eigenvalue weighted by molar-refractivity contribution is 7.89. The maximum Gasteiger partial charge on any atom is 0.490 e. The molecule has 51 heavy (non-hydrogen) atoms. The fourth-order valence-corrected chi connectivity index (χ4v) is 7.32. The third-order valence-electron chi connectivity index (χ3n) is 9.44. The van der Waals surface area contributed by atoms with Crippen LogP contribution in [0.2, 0.25) is 0 Å². The number of hydrogen-bond acceptors (Lipinski definition) is 6. The van der Waals surface area contributed by atoms with Crippen molar-refractivity contribution in [2.45, 2.75) is 98.5 Å². The van der Waals surface area contributed by atoms with Crippen LogP contribution in [-0.2, 0) is 30.9 Å². The zero-order valence-electron chi connectivity index (χ0n) is 27.3. The summed E-state index contributed by atoms with van der Waals surface area (Å²) < 4.78 is 139. The second-order valence-corrected chi connectivity index (χ2v) is 14.8. The Morgan fingerprint density at radius 3 is 1.88 bits per heavy atom. The van der Waals surface area contributed by atoms with Crippen molar-refractivity contribution in [3.05, 3.63) is 59.7 Å². The largest absolute Gasteiger partial charge is 0.493 e. The fourth-order valence-electron chi connectivity index (χ4n) is 6.13. The van der Waals surface area contributed by atoms with Crippen LogP contribution in [0.5, 0.6) is 5.75 Å². The molecule has 3 aliphatic rings. The number of aliphatic carboxylic acids is 1. The van der Waals surface area contributed by atoms with Crippen LogP contribution in [0, 0.1) is 5.92 Å². The number of carboxylic acids is 1. The number of carboxylic acid groups (broad SMARTS) is 1. The van der Waals surface area contributed by atoms with Gasteiger partial charge in [0, 0.05) is 24.7 Å². The predicted molar refractivity (Wildman–Crippen MR) is 167 cm³/mol. The van der Waals surface area contributed by atoms with E-state index in [1.54, 1.807) is 0 Å². The SMILES string of the molecule is NC1CCN(C(=O)[C@H](NS(=O)(=O)c2ccc(OCC3CCCCC3)cc2)C(F)(F)c2ccc(C3(C(F)(F)F)CC3)cc2)CC1.O=C(O)C(F)(F)F. The summed E-state index contributed by atoms with van der Waals surface area (Å²) in [5.74, 6) is -7.14. The normalized spacial score (nSPS) is 19.4. The average molecular weight is 758 g/mol. The zero-order chi connectivity index (χ0) is 37.8. The van der Waals surface area contributed by atoms with Crippen molar-refractivity contribution in [2.24, 2.45) is 11.7 Å². The number of benzene rings is 2. The van der Waals surface area contributed by atoms with Gasteiger partial charge in [-0.05, 0) is 74.3 Å². The maximum absolute atomic E-state index is 16.1. The van der Waals surface area contributed by atoms with Crippen LogP contribution in [0.4, 0.5) is 35.1 Å². The molecular weight excluding hydrogens is 718 g/mol. The number of nitrogens with zero attached hydrogens (tertiary/aromatic N) is 1. The summed E-state index contributed by atoms with van der Waals surface area (Å²) in [6, 6.07) is 6.17. The molecule has 5 rings (SSSR count). The van der Waals surface area contributed by atoms with Crippen LogP contribution < -0.4 is 15.2 Å². The van der Waals surface area contributed by atoms with Crippen LogP contribution in [-0.4, -0.2) is 74.4 Å². The third kappa shape index (κ3) is 9.88. The molecule has 3 fully saturated rings. The van der Waals surface area contributed by atoms with E-state index in [1.807, 2.05) is 4.72 Å². The molecule has 284 valence electrons. The number of amides is 1. The number of halogens is 8. The summed E-state index contributed by atoms with van der Waals surface area (Å²) in [5.41, 5.74) is 2.90. The number of carbonyl (C=O) groups excluding carboxylic acids is 1. The minimum absolute atomic E-state index is 0.0639. The van der Waals surface area contributed by atoms with Gasteiger partial charge >= 0.3 is 18.3 Å². The lowest BCUT2D eigenvalue weighted by atomic mass is 9.90. The second kappa shape index (κ2) is 15.6. The topological polar surface area (TPSA) is 139 Å². The molecule has 4 N–H and O–H groups in total. The van der Waals surface area contributed by atoms with Gasteiger partial charge in [0.15, 0.2) is 6.04 Å². The van der Waals surface area contributed by atoms with Gasteiger partial charge in [-0.25, -0.2) is 13.2 Å².